The van der Waals surface area contributed by atoms with Crippen molar-refractivity contribution < 1.29 is 55.7 Å². The van der Waals surface area contributed by atoms with E-state index in [0.29, 0.717) is 6.42 Å². The number of hydrogen-bond donors (Lipinski definition) is 1. The third kappa shape index (κ3) is 20.5. The van der Waals surface area contributed by atoms with Gasteiger partial charge < -0.3 is 55.7 Å². The molecule has 0 bridgehead atoms. The van der Waals surface area contributed by atoms with E-state index in [9.17, 15) is 4.80 Å². The third-order valence-corrected chi connectivity index (χ3v) is 15.3. The second-order valence-electron chi connectivity index (χ2n) is 12.4. The Balaban J connectivity index is 6.20. The normalized spacial score (nSPS) is 15.5. The minimum absolute atomic E-state index is 0.227. The predicted octanol–water partition coefficient (Wildman–Crippen LogP) is 4.20. The summed E-state index contributed by atoms with van der Waals surface area (Å²) in [5.74, 6) is 0. The van der Waals surface area contributed by atoms with E-state index < -0.39 is 78.9 Å². The SMILES string of the molecule is CC(C)[O][Al-]([O]C(C)CC(C)O[Si]([OH2+])(OC(C)C)OC(C)C)[O][Si](OC(C)C)(OC(C)C)O[Si](O)(OC(C)C)OC(C)C. The summed E-state index contributed by atoms with van der Waals surface area (Å²) >= 11 is -3.08. The van der Waals surface area contributed by atoms with Crippen LogP contribution in [-0.2, 0) is 46.2 Å². The molecular weight excluding hydrogens is 632 g/mol. The van der Waals surface area contributed by atoms with E-state index in [4.69, 9.17) is 50.9 Å². The maximum atomic E-state index is 11.5. The second-order valence-corrected chi connectivity index (χ2v) is 20.1. The molecule has 0 spiro atoms. The zero-order valence-corrected chi connectivity index (χ0v) is 33.6. The molecule has 0 aromatic heterocycles. The Morgan fingerprint density at radius 3 is 1.26 bits per heavy atom. The van der Waals surface area contributed by atoms with Gasteiger partial charge in [-0.25, -0.2) is 0 Å². The Morgan fingerprint density at radius 1 is 0.512 bits per heavy atom. The standard InChI is InChI=1S/C12H29O7Si2.C11H25O5Si.C3H7O.Al/c1-9(2)15-20(13,16-10(3)4)19-21(14,17-11(5)6)18-12(7)8;1-8(2)14-17(13,15-9(3)4)16-11(6)7-10(5)12;1-3(2)4;/h9-13H,1-8H3;8-11,13H,7H2,1-6H3;3H,1-2H3;/q3*-1;+2/p+1. The van der Waals surface area contributed by atoms with Crippen molar-refractivity contribution in [3.8, 4) is 0 Å². The van der Waals surface area contributed by atoms with Crippen LogP contribution in [0.5, 0.6) is 0 Å². The van der Waals surface area contributed by atoms with Crippen molar-refractivity contribution in [3.63, 3.8) is 0 Å². The minimum atomic E-state index is -4.34. The van der Waals surface area contributed by atoms with E-state index >= 15 is 0 Å². The summed E-state index contributed by atoms with van der Waals surface area (Å²) in [6, 6.07) is 0. The van der Waals surface area contributed by atoms with Crippen LogP contribution in [0.2, 0.25) is 0 Å². The van der Waals surface area contributed by atoms with Gasteiger partial charge in [0.05, 0.1) is 18.3 Å². The monoisotopic (exact) mass is 693 g/mol. The zero-order valence-electron chi connectivity index (χ0n) is 29.4. The van der Waals surface area contributed by atoms with Crippen LogP contribution in [0.3, 0.4) is 0 Å². The molecule has 0 fully saturated rings. The molecule has 0 aliphatic heterocycles. The fourth-order valence-corrected chi connectivity index (χ4v) is 13.7. The first-order valence-electron chi connectivity index (χ1n) is 15.4. The Bertz CT molecular complexity index is 717. The van der Waals surface area contributed by atoms with E-state index in [2.05, 4.69) is 0 Å². The van der Waals surface area contributed by atoms with Crippen LogP contribution in [0, 0.1) is 0 Å². The summed E-state index contributed by atoms with van der Waals surface area (Å²) in [5, 5.41) is 0. The van der Waals surface area contributed by atoms with Crippen molar-refractivity contribution in [2.75, 3.05) is 0 Å². The first-order valence-corrected chi connectivity index (χ1v) is 21.8. The molecule has 17 heteroatoms. The lowest BCUT2D eigenvalue weighted by Crippen LogP contribution is -2.65. The Labute approximate surface area is 269 Å². The second kappa shape index (κ2) is 20.1. The molecule has 0 saturated heterocycles. The van der Waals surface area contributed by atoms with Crippen molar-refractivity contribution in [3.05, 3.63) is 0 Å². The minimum Gasteiger partial charge on any atom is -0.632 e. The van der Waals surface area contributed by atoms with E-state index in [0.717, 1.165) is 0 Å². The van der Waals surface area contributed by atoms with Gasteiger partial charge in [-0.05, 0) is 129 Å². The fourth-order valence-electron chi connectivity index (χ4n) is 3.72. The molecule has 3 N–H and O–H groups in total. The van der Waals surface area contributed by atoms with E-state index in [1.807, 2.05) is 83.1 Å². The molecule has 0 heterocycles. The average molecular weight is 694 g/mol. The first kappa shape index (κ1) is 43.7. The highest BCUT2D eigenvalue weighted by atomic mass is 28.5. The Kier molecular flexibility index (Phi) is 20.4. The van der Waals surface area contributed by atoms with Gasteiger partial charge in [-0.2, -0.15) is 0 Å². The maximum absolute atomic E-state index is 11.5. The van der Waals surface area contributed by atoms with Crippen molar-refractivity contribution in [1.82, 2.24) is 0 Å². The van der Waals surface area contributed by atoms with Crippen LogP contribution in [0.15, 0.2) is 0 Å². The third-order valence-electron chi connectivity index (χ3n) is 4.55. The van der Waals surface area contributed by atoms with Crippen LogP contribution in [0.1, 0.15) is 117 Å². The van der Waals surface area contributed by atoms with Gasteiger partial charge in [-0.3, -0.25) is 0 Å². The maximum Gasteiger partial charge on any atom is 0.909 e. The van der Waals surface area contributed by atoms with Crippen molar-refractivity contribution in [1.29, 1.82) is 0 Å². The number of hydrogen-bond acceptors (Lipinski definition) is 12. The van der Waals surface area contributed by atoms with Gasteiger partial charge in [-0.15, -0.1) is 0 Å². The molecule has 0 aromatic rings. The topological polar surface area (TPSA) is 145 Å². The average Bonchev–Trinajstić information content (AvgIpc) is 2.67. The van der Waals surface area contributed by atoms with Gasteiger partial charge in [0.1, 0.15) is 0 Å². The molecule has 0 aliphatic carbocycles. The summed E-state index contributed by atoms with van der Waals surface area (Å²) < 4.78 is 66.7. The van der Waals surface area contributed by atoms with Crippen molar-refractivity contribution >= 4 is 42.3 Å². The van der Waals surface area contributed by atoms with Crippen LogP contribution in [-0.4, -0.2) is 107 Å². The summed E-state index contributed by atoms with van der Waals surface area (Å²) in [6.45, 7) is 29.1. The zero-order chi connectivity index (χ0) is 33.8. The highest BCUT2D eigenvalue weighted by Gasteiger charge is 2.59. The van der Waals surface area contributed by atoms with Gasteiger partial charge in [0, 0.05) is 24.4 Å². The molecule has 0 amide bonds. The van der Waals surface area contributed by atoms with Gasteiger partial charge in [0.15, 0.2) is 0 Å². The van der Waals surface area contributed by atoms with E-state index in [1.165, 1.54) is 0 Å². The van der Waals surface area contributed by atoms with Gasteiger partial charge in [-0.1, -0.05) is 0 Å². The highest BCUT2D eigenvalue weighted by Crippen LogP contribution is 2.26. The molecular formula is C26H62AlO13Si3. The van der Waals surface area contributed by atoms with Crippen molar-refractivity contribution in [2.45, 2.75) is 172 Å². The summed E-state index contributed by atoms with van der Waals surface area (Å²) in [4.78, 5) is 20.2. The fraction of sp³-hybridized carbons (Fsp3) is 1.00. The van der Waals surface area contributed by atoms with Crippen LogP contribution in [0.25, 0.3) is 0 Å². The molecule has 0 aromatic carbocycles. The van der Waals surface area contributed by atoms with Gasteiger partial charge in [0.2, 0.25) is 0 Å². The smallest absolute Gasteiger partial charge is 0.632 e. The van der Waals surface area contributed by atoms with Gasteiger partial charge >= 0.3 is 42.3 Å². The first-order chi connectivity index (χ1) is 19.5. The Hall–Kier alpha value is 0.663. The summed E-state index contributed by atoms with van der Waals surface area (Å²) in [7, 11) is -12.2. The molecule has 0 rings (SSSR count). The van der Waals surface area contributed by atoms with E-state index in [-0.39, 0.29) is 18.3 Å². The Morgan fingerprint density at radius 2 is 0.907 bits per heavy atom. The number of rotatable bonds is 24. The molecule has 2 unspecified atom stereocenters. The molecule has 1 radical (unpaired) electrons. The molecule has 43 heavy (non-hydrogen) atoms. The molecule has 0 saturated carbocycles. The van der Waals surface area contributed by atoms with Crippen LogP contribution >= 0.6 is 0 Å². The quantitative estimate of drug-likeness (QED) is 0.114. The van der Waals surface area contributed by atoms with Gasteiger partial charge in [0.25, 0.3) is 0 Å². The molecule has 0 aliphatic rings. The summed E-state index contributed by atoms with van der Waals surface area (Å²) in [6.07, 6.45) is -2.82. The lowest BCUT2D eigenvalue weighted by molar-refractivity contribution is -0.0796. The lowest BCUT2D eigenvalue weighted by atomic mass is 10.2. The highest BCUT2D eigenvalue weighted by molar-refractivity contribution is 6.71. The summed E-state index contributed by atoms with van der Waals surface area (Å²) in [5.41, 5.74) is 0. The molecule has 2 atom stereocenters. The van der Waals surface area contributed by atoms with Crippen molar-refractivity contribution in [2.24, 2.45) is 0 Å². The van der Waals surface area contributed by atoms with Crippen LogP contribution < -0.4 is 0 Å². The molecule has 13 nitrogen and oxygen atoms in total. The molecule has 259 valence electrons. The largest absolute Gasteiger partial charge is 0.909 e. The predicted molar refractivity (Wildman–Crippen MR) is 170 cm³/mol. The lowest BCUT2D eigenvalue weighted by Gasteiger charge is -2.44. The van der Waals surface area contributed by atoms with Crippen LogP contribution in [0.4, 0.5) is 0 Å². The van der Waals surface area contributed by atoms with E-state index in [1.54, 1.807) is 27.7 Å².